The van der Waals surface area contributed by atoms with E-state index in [4.69, 9.17) is 4.74 Å². The van der Waals surface area contributed by atoms with Crippen LogP contribution in [0.25, 0.3) is 10.8 Å². The Kier molecular flexibility index (Phi) is 4.95. The van der Waals surface area contributed by atoms with Crippen LogP contribution in [0.15, 0.2) is 42.6 Å². The van der Waals surface area contributed by atoms with E-state index < -0.39 is 0 Å². The van der Waals surface area contributed by atoms with Crippen molar-refractivity contribution in [2.24, 2.45) is 0 Å². The number of aromatic nitrogens is 3. The van der Waals surface area contributed by atoms with Crippen LogP contribution in [0.3, 0.4) is 0 Å². The summed E-state index contributed by atoms with van der Waals surface area (Å²) in [5.41, 5.74) is 1.00. The fourth-order valence-corrected chi connectivity index (χ4v) is 2.56. The van der Waals surface area contributed by atoms with Gasteiger partial charge in [0.15, 0.2) is 5.69 Å². The molecule has 1 heterocycles. The molecule has 0 saturated carbocycles. The molecule has 1 aromatic heterocycles. The molecule has 3 aromatic rings. The van der Waals surface area contributed by atoms with E-state index in [1.807, 2.05) is 55.4 Å². The molecular weight excluding hydrogens is 318 g/mol. The van der Waals surface area contributed by atoms with Gasteiger partial charge in [0.05, 0.1) is 19.9 Å². The molecule has 1 N–H and O–H groups in total. The van der Waals surface area contributed by atoms with Crippen molar-refractivity contribution in [2.45, 2.75) is 6.54 Å². The van der Waals surface area contributed by atoms with E-state index in [1.165, 1.54) is 0 Å². The van der Waals surface area contributed by atoms with Crippen molar-refractivity contribution in [1.82, 2.24) is 19.9 Å². The van der Waals surface area contributed by atoms with Gasteiger partial charge in [-0.1, -0.05) is 29.5 Å². The third-order valence-electron chi connectivity index (χ3n) is 3.90. The Bertz CT molecular complexity index is 888. The third-order valence-corrected chi connectivity index (χ3v) is 3.90. The number of amides is 1. The number of ether oxygens (including phenoxy) is 1. The molecule has 7 heteroatoms. The van der Waals surface area contributed by atoms with Crippen LogP contribution in [0.5, 0.6) is 5.75 Å². The van der Waals surface area contributed by atoms with Gasteiger partial charge in [-0.05, 0) is 26.2 Å². The van der Waals surface area contributed by atoms with Gasteiger partial charge in [-0.3, -0.25) is 9.48 Å². The Labute approximate surface area is 146 Å². The molecule has 0 fully saturated rings. The van der Waals surface area contributed by atoms with Crippen LogP contribution in [0.1, 0.15) is 10.5 Å². The molecule has 3 rings (SSSR count). The standard InChI is InChI=1S/C18H21N5O2/c1-22(2)10-11-23-12-16(20-21-23)18(24)19-15-8-9-17(25-3)14-7-5-4-6-13(14)15/h4-9,12H,10-11H2,1-3H3,(H,19,24). The van der Waals surface area contributed by atoms with E-state index in [0.717, 1.165) is 23.1 Å². The van der Waals surface area contributed by atoms with E-state index in [0.29, 0.717) is 17.9 Å². The Morgan fingerprint density at radius 2 is 1.96 bits per heavy atom. The van der Waals surface area contributed by atoms with Crippen LogP contribution in [0.4, 0.5) is 5.69 Å². The molecule has 2 aromatic carbocycles. The maximum Gasteiger partial charge on any atom is 0.277 e. The summed E-state index contributed by atoms with van der Waals surface area (Å²) in [7, 11) is 5.60. The van der Waals surface area contributed by atoms with Gasteiger partial charge in [0, 0.05) is 23.0 Å². The van der Waals surface area contributed by atoms with Crippen molar-refractivity contribution in [2.75, 3.05) is 33.1 Å². The molecule has 0 aliphatic carbocycles. The van der Waals surface area contributed by atoms with Crippen LogP contribution >= 0.6 is 0 Å². The molecule has 7 nitrogen and oxygen atoms in total. The highest BCUT2D eigenvalue weighted by molar-refractivity contribution is 6.09. The lowest BCUT2D eigenvalue weighted by atomic mass is 10.1. The molecule has 130 valence electrons. The molecule has 0 radical (unpaired) electrons. The monoisotopic (exact) mass is 339 g/mol. The molecular formula is C18H21N5O2. The molecule has 0 unspecified atom stereocenters. The van der Waals surface area contributed by atoms with Gasteiger partial charge in [-0.25, -0.2) is 0 Å². The zero-order valence-electron chi connectivity index (χ0n) is 14.6. The summed E-state index contributed by atoms with van der Waals surface area (Å²) in [6.07, 6.45) is 1.66. The lowest BCUT2D eigenvalue weighted by molar-refractivity contribution is 0.102. The van der Waals surface area contributed by atoms with Crippen LogP contribution in [-0.2, 0) is 6.54 Å². The fourth-order valence-electron chi connectivity index (χ4n) is 2.56. The van der Waals surface area contributed by atoms with Crippen LogP contribution in [0, 0.1) is 0 Å². The number of methoxy groups -OCH3 is 1. The Morgan fingerprint density at radius 1 is 1.20 bits per heavy atom. The van der Waals surface area contributed by atoms with Crippen molar-refractivity contribution in [3.8, 4) is 5.75 Å². The van der Waals surface area contributed by atoms with Gasteiger partial charge in [-0.15, -0.1) is 5.10 Å². The normalized spacial score (nSPS) is 11.0. The molecule has 0 bridgehead atoms. The number of hydrogen-bond acceptors (Lipinski definition) is 5. The smallest absolute Gasteiger partial charge is 0.277 e. The summed E-state index contributed by atoms with van der Waals surface area (Å²) in [5.74, 6) is 0.481. The van der Waals surface area contributed by atoms with E-state index >= 15 is 0 Å². The number of carbonyl (C=O) groups is 1. The molecule has 0 aliphatic rings. The zero-order valence-corrected chi connectivity index (χ0v) is 14.6. The zero-order chi connectivity index (χ0) is 17.8. The molecule has 0 spiro atoms. The predicted octanol–water partition coefficient (Wildman–Crippen LogP) is 2.25. The van der Waals surface area contributed by atoms with E-state index in [-0.39, 0.29) is 5.91 Å². The maximum atomic E-state index is 12.5. The van der Waals surface area contributed by atoms with Gasteiger partial charge in [0.2, 0.25) is 0 Å². The van der Waals surface area contributed by atoms with Gasteiger partial charge in [0.1, 0.15) is 5.75 Å². The van der Waals surface area contributed by atoms with Gasteiger partial charge < -0.3 is 15.0 Å². The van der Waals surface area contributed by atoms with E-state index in [1.54, 1.807) is 18.0 Å². The van der Waals surface area contributed by atoms with Crippen molar-refractivity contribution < 1.29 is 9.53 Å². The maximum absolute atomic E-state index is 12.5. The van der Waals surface area contributed by atoms with E-state index in [2.05, 4.69) is 15.6 Å². The van der Waals surface area contributed by atoms with Gasteiger partial charge >= 0.3 is 0 Å². The first kappa shape index (κ1) is 16.9. The molecule has 25 heavy (non-hydrogen) atoms. The Hall–Kier alpha value is -2.93. The second kappa shape index (κ2) is 7.31. The van der Waals surface area contributed by atoms with Crippen LogP contribution in [-0.4, -0.2) is 53.6 Å². The molecule has 0 saturated heterocycles. The molecule has 0 aliphatic heterocycles. The topological polar surface area (TPSA) is 72.3 Å². The quantitative estimate of drug-likeness (QED) is 0.746. The highest BCUT2D eigenvalue weighted by Crippen LogP contribution is 2.31. The van der Waals surface area contributed by atoms with E-state index in [9.17, 15) is 4.79 Å². The number of anilines is 1. The van der Waals surface area contributed by atoms with Crippen LogP contribution in [0.2, 0.25) is 0 Å². The Morgan fingerprint density at radius 3 is 2.68 bits per heavy atom. The average molecular weight is 339 g/mol. The van der Waals surface area contributed by atoms with Crippen molar-refractivity contribution in [3.05, 3.63) is 48.3 Å². The molecule has 0 atom stereocenters. The van der Waals surface area contributed by atoms with Gasteiger partial charge in [-0.2, -0.15) is 0 Å². The summed E-state index contributed by atoms with van der Waals surface area (Å²) in [6.45, 7) is 1.51. The highest BCUT2D eigenvalue weighted by atomic mass is 16.5. The predicted molar refractivity (Wildman–Crippen MR) is 97.0 cm³/mol. The van der Waals surface area contributed by atoms with Gasteiger partial charge in [0.25, 0.3) is 5.91 Å². The first-order valence-corrected chi connectivity index (χ1v) is 8.00. The first-order chi connectivity index (χ1) is 12.1. The number of nitrogens with zero attached hydrogens (tertiary/aromatic N) is 4. The summed E-state index contributed by atoms with van der Waals surface area (Å²) >= 11 is 0. The van der Waals surface area contributed by atoms with Crippen molar-refractivity contribution >= 4 is 22.4 Å². The summed E-state index contributed by atoms with van der Waals surface area (Å²) in [5, 5.41) is 12.7. The number of hydrogen-bond donors (Lipinski definition) is 1. The summed E-state index contributed by atoms with van der Waals surface area (Å²) in [4.78, 5) is 14.5. The third kappa shape index (κ3) is 3.77. The number of benzene rings is 2. The lowest BCUT2D eigenvalue weighted by Crippen LogP contribution is -2.18. The second-order valence-corrected chi connectivity index (χ2v) is 5.99. The fraction of sp³-hybridized carbons (Fsp3) is 0.278. The summed E-state index contributed by atoms with van der Waals surface area (Å²) < 4.78 is 7.05. The average Bonchev–Trinajstić information content (AvgIpc) is 3.09. The number of likely N-dealkylation sites (N-methyl/N-ethyl adjacent to an activating group) is 1. The SMILES string of the molecule is COc1ccc(NC(=O)c2cn(CCN(C)C)nn2)c2ccccc12. The number of rotatable bonds is 6. The minimum atomic E-state index is -0.286. The Balaban J connectivity index is 1.81. The van der Waals surface area contributed by atoms with Crippen LogP contribution < -0.4 is 10.1 Å². The lowest BCUT2D eigenvalue weighted by Gasteiger charge is -2.11. The van der Waals surface area contributed by atoms with Crippen molar-refractivity contribution in [3.63, 3.8) is 0 Å². The largest absolute Gasteiger partial charge is 0.496 e. The second-order valence-electron chi connectivity index (χ2n) is 5.99. The number of fused-ring (bicyclic) bond motifs is 1. The summed E-state index contributed by atoms with van der Waals surface area (Å²) in [6, 6.07) is 11.4. The minimum absolute atomic E-state index is 0.286. The molecule has 1 amide bonds. The van der Waals surface area contributed by atoms with Crippen molar-refractivity contribution in [1.29, 1.82) is 0 Å². The first-order valence-electron chi connectivity index (χ1n) is 8.00. The highest BCUT2D eigenvalue weighted by Gasteiger charge is 2.14. The number of nitrogens with one attached hydrogen (secondary N) is 1. The number of carbonyl (C=O) groups excluding carboxylic acids is 1. The minimum Gasteiger partial charge on any atom is -0.496 e.